The number of rotatable bonds is 9. The summed E-state index contributed by atoms with van der Waals surface area (Å²) in [6, 6.07) is 8.58. The molecule has 1 aliphatic heterocycles. The number of carbonyl (C=O) groups is 2. The maximum atomic E-state index is 14.8. The molecule has 4 N–H and O–H groups in total. The van der Waals surface area contributed by atoms with E-state index >= 15 is 0 Å². The number of hydrogen-bond acceptors (Lipinski definition) is 8. The average Bonchev–Trinajstić information content (AvgIpc) is 3.65. The van der Waals surface area contributed by atoms with Crippen LogP contribution in [0.2, 0.25) is 0 Å². The van der Waals surface area contributed by atoms with Crippen LogP contribution in [0.3, 0.4) is 0 Å². The van der Waals surface area contributed by atoms with Crippen LogP contribution < -0.4 is 20.5 Å². The number of halogens is 4. The second-order valence-electron chi connectivity index (χ2n) is 11.2. The summed E-state index contributed by atoms with van der Waals surface area (Å²) in [5.41, 5.74) is 0.170. The van der Waals surface area contributed by atoms with Crippen molar-refractivity contribution in [2.45, 2.75) is 49.3 Å². The number of fused-ring (bicyclic) bond motifs is 2. The molecule has 0 unspecified atom stereocenters. The SMILES string of the molecule is CC[C@]1(C(N)=O)COc2c1cc([C@@](O)(CNC(=O)c1cc(OC)c3nc(C4CC4)sc3c1)C(F)(F)F)nc2-c1ccc(F)cc1. The number of ether oxygens (including phenoxy) is 2. The standard InChI is InChI=1S/C31H28F4N4O5S/c1-3-29(28(36)41)14-44-25-19(29)12-22(38-23(25)15-6-8-18(32)9-7-15)30(42,31(33,34)35)13-37-26(40)17-10-20(43-2)24-21(11-17)45-27(39-24)16-4-5-16/h6-12,16,42H,3-5,13-14H2,1-2H3,(H2,36,41)(H,37,40)/t29-,30-/m0/s1. The fraction of sp³-hybridized carbons (Fsp3) is 0.355. The minimum Gasteiger partial charge on any atom is -0.494 e. The molecule has 2 aliphatic rings. The van der Waals surface area contributed by atoms with Gasteiger partial charge >= 0.3 is 6.18 Å². The lowest BCUT2D eigenvalue weighted by Gasteiger charge is -2.32. The fourth-order valence-electron chi connectivity index (χ4n) is 5.45. The molecule has 0 bridgehead atoms. The van der Waals surface area contributed by atoms with E-state index in [4.69, 9.17) is 15.2 Å². The molecule has 2 aromatic heterocycles. The zero-order valence-corrected chi connectivity index (χ0v) is 24.9. The largest absolute Gasteiger partial charge is 0.494 e. The Kier molecular flexibility index (Phi) is 7.47. The van der Waals surface area contributed by atoms with Crippen LogP contribution in [-0.4, -0.2) is 53.3 Å². The quantitative estimate of drug-likeness (QED) is 0.216. The summed E-state index contributed by atoms with van der Waals surface area (Å²) in [5.74, 6) is -1.71. The number of aliphatic hydroxyl groups is 1. The van der Waals surface area contributed by atoms with Gasteiger partial charge in [-0.25, -0.2) is 14.4 Å². The minimum atomic E-state index is -5.35. The number of nitrogens with zero attached hydrogens (tertiary/aromatic N) is 2. The molecule has 45 heavy (non-hydrogen) atoms. The molecule has 2 aromatic carbocycles. The summed E-state index contributed by atoms with van der Waals surface area (Å²) >= 11 is 1.39. The van der Waals surface area contributed by atoms with Gasteiger partial charge in [-0.15, -0.1) is 11.3 Å². The summed E-state index contributed by atoms with van der Waals surface area (Å²) in [4.78, 5) is 34.6. The summed E-state index contributed by atoms with van der Waals surface area (Å²) in [6.45, 7) is 0.0365. The van der Waals surface area contributed by atoms with Gasteiger partial charge in [0.1, 0.15) is 40.5 Å². The van der Waals surface area contributed by atoms with Crippen LogP contribution in [0.4, 0.5) is 17.6 Å². The second kappa shape index (κ2) is 10.9. The second-order valence-corrected chi connectivity index (χ2v) is 12.3. The molecule has 3 heterocycles. The van der Waals surface area contributed by atoms with Gasteiger partial charge in [-0.05, 0) is 61.7 Å². The van der Waals surface area contributed by atoms with Crippen LogP contribution >= 0.6 is 11.3 Å². The first-order valence-corrected chi connectivity index (χ1v) is 14.9. The normalized spacial score (nSPS) is 19.1. The Hall–Kier alpha value is -4.30. The monoisotopic (exact) mass is 644 g/mol. The molecule has 1 saturated carbocycles. The van der Waals surface area contributed by atoms with Crippen molar-refractivity contribution in [1.29, 1.82) is 0 Å². The number of hydrogen-bond donors (Lipinski definition) is 3. The first kappa shape index (κ1) is 30.7. The van der Waals surface area contributed by atoms with Crippen molar-refractivity contribution in [3.8, 4) is 22.8 Å². The predicted molar refractivity (Wildman–Crippen MR) is 157 cm³/mol. The molecule has 0 spiro atoms. The third kappa shape index (κ3) is 5.15. The number of carbonyl (C=O) groups excluding carboxylic acids is 2. The van der Waals surface area contributed by atoms with Gasteiger partial charge in [0.05, 0.1) is 29.1 Å². The van der Waals surface area contributed by atoms with Gasteiger partial charge in [-0.1, -0.05) is 6.92 Å². The zero-order valence-electron chi connectivity index (χ0n) is 24.1. The molecule has 2 amide bonds. The van der Waals surface area contributed by atoms with Gasteiger partial charge in [-0.3, -0.25) is 9.59 Å². The Morgan fingerprint density at radius 3 is 2.49 bits per heavy atom. The van der Waals surface area contributed by atoms with Crippen molar-refractivity contribution < 1.29 is 41.7 Å². The zero-order chi connectivity index (χ0) is 32.3. The van der Waals surface area contributed by atoms with Crippen LogP contribution in [0.25, 0.3) is 21.5 Å². The summed E-state index contributed by atoms with van der Waals surface area (Å²) in [5, 5.41) is 14.4. The van der Waals surface area contributed by atoms with E-state index in [0.717, 1.165) is 36.0 Å². The lowest BCUT2D eigenvalue weighted by atomic mass is 9.78. The number of aromatic nitrogens is 2. The van der Waals surface area contributed by atoms with Crippen molar-refractivity contribution in [3.05, 3.63) is 70.1 Å². The first-order valence-electron chi connectivity index (χ1n) is 14.1. The van der Waals surface area contributed by atoms with Crippen LogP contribution in [0.1, 0.15) is 58.7 Å². The van der Waals surface area contributed by atoms with Crippen molar-refractivity contribution in [2.24, 2.45) is 5.73 Å². The number of thiazole rings is 1. The smallest absolute Gasteiger partial charge is 0.424 e. The lowest BCUT2D eigenvalue weighted by Crippen LogP contribution is -2.52. The van der Waals surface area contributed by atoms with Crippen LogP contribution in [0.5, 0.6) is 11.5 Å². The first-order chi connectivity index (χ1) is 21.3. The van der Waals surface area contributed by atoms with E-state index in [-0.39, 0.29) is 41.2 Å². The number of alkyl halides is 3. The van der Waals surface area contributed by atoms with Gasteiger partial charge in [0.15, 0.2) is 0 Å². The van der Waals surface area contributed by atoms with Crippen molar-refractivity contribution in [3.63, 3.8) is 0 Å². The number of amides is 2. The third-order valence-corrected chi connectivity index (χ3v) is 9.59. The fourth-order valence-corrected chi connectivity index (χ4v) is 6.64. The van der Waals surface area contributed by atoms with Gasteiger partial charge in [0, 0.05) is 22.6 Å². The topological polar surface area (TPSA) is 137 Å². The highest BCUT2D eigenvalue weighted by Crippen LogP contribution is 2.49. The molecule has 4 aromatic rings. The maximum Gasteiger partial charge on any atom is 0.424 e. The number of benzene rings is 2. The number of pyridine rings is 1. The number of nitrogens with two attached hydrogens (primary N) is 1. The lowest BCUT2D eigenvalue weighted by molar-refractivity contribution is -0.265. The van der Waals surface area contributed by atoms with Gasteiger partial charge in [0.2, 0.25) is 11.5 Å². The average molecular weight is 645 g/mol. The molecule has 6 rings (SSSR count). The van der Waals surface area contributed by atoms with Crippen molar-refractivity contribution in [2.75, 3.05) is 20.3 Å². The molecule has 1 fully saturated rings. The van der Waals surface area contributed by atoms with Gasteiger partial charge < -0.3 is 25.6 Å². The Morgan fingerprint density at radius 2 is 1.89 bits per heavy atom. The highest BCUT2D eigenvalue weighted by atomic mass is 32.1. The number of methoxy groups -OCH3 is 1. The molecule has 9 nitrogen and oxygen atoms in total. The van der Waals surface area contributed by atoms with Crippen molar-refractivity contribution in [1.82, 2.24) is 15.3 Å². The summed E-state index contributed by atoms with van der Waals surface area (Å²) in [7, 11) is 1.40. The third-order valence-electron chi connectivity index (χ3n) is 8.43. The van der Waals surface area contributed by atoms with E-state index in [0.29, 0.717) is 21.9 Å². The molecule has 0 saturated heterocycles. The van der Waals surface area contributed by atoms with E-state index in [1.54, 1.807) is 6.92 Å². The van der Waals surface area contributed by atoms with Crippen LogP contribution in [0, 0.1) is 5.82 Å². The number of primary amides is 1. The van der Waals surface area contributed by atoms with Gasteiger partial charge in [0.25, 0.3) is 5.91 Å². The van der Waals surface area contributed by atoms with Crippen LogP contribution in [-0.2, 0) is 15.8 Å². The summed E-state index contributed by atoms with van der Waals surface area (Å²) in [6.07, 6.45) is -3.25. The molecular weight excluding hydrogens is 616 g/mol. The van der Waals surface area contributed by atoms with E-state index in [1.165, 1.54) is 42.7 Å². The molecule has 0 radical (unpaired) electrons. The Labute approximate surface area is 258 Å². The highest BCUT2D eigenvalue weighted by Gasteiger charge is 2.58. The molecule has 2 atom stereocenters. The number of nitrogens with one attached hydrogen (secondary N) is 1. The summed E-state index contributed by atoms with van der Waals surface area (Å²) < 4.78 is 69.9. The van der Waals surface area contributed by atoms with E-state index in [2.05, 4.69) is 15.3 Å². The van der Waals surface area contributed by atoms with E-state index < -0.39 is 47.1 Å². The highest BCUT2D eigenvalue weighted by molar-refractivity contribution is 7.18. The Bertz CT molecular complexity index is 1830. The minimum absolute atomic E-state index is 0.00248. The molecule has 1 aliphatic carbocycles. The Morgan fingerprint density at radius 1 is 1.18 bits per heavy atom. The van der Waals surface area contributed by atoms with E-state index in [9.17, 15) is 32.3 Å². The van der Waals surface area contributed by atoms with Crippen LogP contribution in [0.15, 0.2) is 42.5 Å². The molecular formula is C31H28F4N4O5S. The predicted octanol–water partition coefficient (Wildman–Crippen LogP) is 5.09. The Balaban J connectivity index is 1.41. The van der Waals surface area contributed by atoms with E-state index in [1.807, 2.05) is 0 Å². The van der Waals surface area contributed by atoms with Gasteiger partial charge in [-0.2, -0.15) is 13.2 Å². The molecule has 236 valence electrons. The maximum absolute atomic E-state index is 14.8. The molecule has 14 heteroatoms. The van der Waals surface area contributed by atoms with Crippen molar-refractivity contribution >= 4 is 33.4 Å².